The van der Waals surface area contributed by atoms with Gasteiger partial charge in [-0.1, -0.05) is 29.3 Å². The second-order valence-electron chi connectivity index (χ2n) is 9.04. The Labute approximate surface area is 224 Å². The second kappa shape index (κ2) is 8.72. The third-order valence-corrected chi connectivity index (χ3v) is 7.51. The van der Waals surface area contributed by atoms with Crippen molar-refractivity contribution < 1.29 is 28.5 Å². The van der Waals surface area contributed by atoms with Gasteiger partial charge in [-0.05, 0) is 66.9 Å². The molecule has 38 heavy (non-hydrogen) atoms. The molecule has 0 fully saturated rings. The number of ether oxygens (including phenoxy) is 2. The van der Waals surface area contributed by atoms with Crippen LogP contribution < -0.4 is 20.7 Å². The summed E-state index contributed by atoms with van der Waals surface area (Å²) in [5, 5.41) is 23.8. The topological polar surface area (TPSA) is 119 Å². The molecular formula is C28H18Cl2O8. The summed E-state index contributed by atoms with van der Waals surface area (Å²) in [7, 11) is 0. The van der Waals surface area contributed by atoms with E-state index in [1.54, 1.807) is 32.0 Å². The highest BCUT2D eigenvalue weighted by atomic mass is 35.5. The SMILES string of the molecule is Cc1cc2oc(=O)c(C(c3ccc4c(c3)OCO4)c3c(O)c4cc(Cl)c(C)cc4oc3=O)c(O)c2cc1Cl. The summed E-state index contributed by atoms with van der Waals surface area (Å²) < 4.78 is 22.0. The van der Waals surface area contributed by atoms with Crippen LogP contribution in [0.3, 0.4) is 0 Å². The average Bonchev–Trinajstić information content (AvgIpc) is 3.34. The Bertz CT molecular complexity index is 1810. The van der Waals surface area contributed by atoms with Crippen LogP contribution in [0.2, 0.25) is 10.0 Å². The smallest absolute Gasteiger partial charge is 0.344 e. The Morgan fingerprint density at radius 1 is 0.737 bits per heavy atom. The monoisotopic (exact) mass is 552 g/mol. The van der Waals surface area contributed by atoms with Crippen molar-refractivity contribution in [3.8, 4) is 23.0 Å². The van der Waals surface area contributed by atoms with Gasteiger partial charge in [-0.2, -0.15) is 0 Å². The molecule has 0 radical (unpaired) electrons. The predicted molar refractivity (Wildman–Crippen MR) is 141 cm³/mol. The maximum absolute atomic E-state index is 13.4. The van der Waals surface area contributed by atoms with E-state index in [0.29, 0.717) is 38.2 Å². The molecule has 0 unspecified atom stereocenters. The first-order chi connectivity index (χ1) is 18.1. The maximum atomic E-state index is 13.4. The summed E-state index contributed by atoms with van der Waals surface area (Å²) >= 11 is 12.6. The van der Waals surface area contributed by atoms with E-state index in [4.69, 9.17) is 41.5 Å². The quantitative estimate of drug-likeness (QED) is 0.256. The number of hydrogen-bond acceptors (Lipinski definition) is 8. The minimum atomic E-state index is -1.33. The highest BCUT2D eigenvalue weighted by Gasteiger charge is 2.34. The Hall–Kier alpha value is -4.14. The zero-order valence-corrected chi connectivity index (χ0v) is 21.4. The molecule has 0 saturated heterocycles. The molecule has 0 aliphatic carbocycles. The van der Waals surface area contributed by atoms with Gasteiger partial charge in [0.05, 0.1) is 27.8 Å². The number of rotatable bonds is 3. The van der Waals surface area contributed by atoms with E-state index in [1.807, 2.05) is 0 Å². The largest absolute Gasteiger partial charge is 0.507 e. The molecule has 5 aromatic rings. The van der Waals surface area contributed by atoms with E-state index in [2.05, 4.69) is 0 Å². The number of aryl methyl sites for hydroxylation is 2. The minimum absolute atomic E-state index is 0.00806. The fourth-order valence-corrected chi connectivity index (χ4v) is 5.05. The molecule has 192 valence electrons. The third kappa shape index (κ3) is 3.68. The first-order valence-electron chi connectivity index (χ1n) is 11.4. The predicted octanol–water partition coefficient (Wildman–Crippen LogP) is 6.14. The van der Waals surface area contributed by atoms with Crippen molar-refractivity contribution >= 4 is 45.1 Å². The Morgan fingerprint density at radius 2 is 1.24 bits per heavy atom. The van der Waals surface area contributed by atoms with Crippen LogP contribution in [0.4, 0.5) is 0 Å². The summed E-state index contributed by atoms with van der Waals surface area (Å²) in [4.78, 5) is 26.8. The molecule has 10 heteroatoms. The molecule has 2 aromatic heterocycles. The standard InChI is InChI=1S/C28H18Cl2O8/c1-11-5-19-14(8-16(11)29)25(31)23(27(33)37-19)22(13-3-4-18-21(7-13)36-10-35-18)24-26(32)15-9-17(30)12(2)6-20(15)38-28(24)34/h3-9,22,31-32H,10H2,1-2H3. The fourth-order valence-electron chi connectivity index (χ4n) is 4.72. The normalized spacial score (nSPS) is 12.7. The van der Waals surface area contributed by atoms with E-state index >= 15 is 0 Å². The van der Waals surface area contributed by atoms with Crippen LogP contribution in [-0.2, 0) is 0 Å². The first kappa shape index (κ1) is 24.2. The molecule has 0 amide bonds. The van der Waals surface area contributed by atoms with Gasteiger partial charge >= 0.3 is 11.3 Å². The summed E-state index contributed by atoms with van der Waals surface area (Å²) in [5.41, 5.74) is -0.592. The minimum Gasteiger partial charge on any atom is -0.507 e. The second-order valence-corrected chi connectivity index (χ2v) is 9.86. The van der Waals surface area contributed by atoms with Crippen LogP contribution in [0.1, 0.15) is 33.7 Å². The van der Waals surface area contributed by atoms with Crippen molar-refractivity contribution in [2.75, 3.05) is 6.79 Å². The number of halogens is 2. The van der Waals surface area contributed by atoms with Gasteiger partial charge in [0.15, 0.2) is 11.5 Å². The Morgan fingerprint density at radius 3 is 1.76 bits per heavy atom. The van der Waals surface area contributed by atoms with Gasteiger partial charge in [0.2, 0.25) is 6.79 Å². The van der Waals surface area contributed by atoms with Gasteiger partial charge in [-0.15, -0.1) is 0 Å². The van der Waals surface area contributed by atoms with Gasteiger partial charge in [0, 0.05) is 10.0 Å². The van der Waals surface area contributed by atoms with Crippen molar-refractivity contribution in [2.24, 2.45) is 0 Å². The molecule has 0 spiro atoms. The lowest BCUT2D eigenvalue weighted by atomic mass is 9.84. The van der Waals surface area contributed by atoms with Crippen LogP contribution in [0.25, 0.3) is 21.9 Å². The van der Waals surface area contributed by atoms with Crippen LogP contribution in [0.5, 0.6) is 23.0 Å². The number of aromatic hydroxyl groups is 2. The number of fused-ring (bicyclic) bond motifs is 3. The highest BCUT2D eigenvalue weighted by molar-refractivity contribution is 6.32. The van der Waals surface area contributed by atoms with Gasteiger partial charge in [0.1, 0.15) is 22.7 Å². The molecule has 2 N–H and O–H groups in total. The molecule has 3 aromatic carbocycles. The van der Waals surface area contributed by atoms with E-state index < -0.39 is 28.7 Å². The van der Waals surface area contributed by atoms with Crippen LogP contribution in [0.15, 0.2) is 60.9 Å². The molecule has 0 saturated carbocycles. The number of benzene rings is 3. The van der Waals surface area contributed by atoms with Gasteiger partial charge in [-0.3, -0.25) is 0 Å². The number of hydrogen-bond donors (Lipinski definition) is 2. The van der Waals surface area contributed by atoms with E-state index in [1.165, 1.54) is 24.3 Å². The van der Waals surface area contributed by atoms with Crippen LogP contribution in [0, 0.1) is 13.8 Å². The summed E-state index contributed by atoms with van der Waals surface area (Å²) in [6.07, 6.45) is 0. The molecule has 3 heterocycles. The molecule has 6 rings (SSSR count). The lowest BCUT2D eigenvalue weighted by Gasteiger charge is -2.20. The van der Waals surface area contributed by atoms with Crippen molar-refractivity contribution in [1.82, 2.24) is 0 Å². The Balaban J connectivity index is 1.72. The first-order valence-corrected chi connectivity index (χ1v) is 12.2. The Kier molecular flexibility index (Phi) is 5.55. The third-order valence-electron chi connectivity index (χ3n) is 6.69. The average molecular weight is 553 g/mol. The van der Waals surface area contributed by atoms with E-state index in [9.17, 15) is 19.8 Å². The zero-order valence-electron chi connectivity index (χ0n) is 19.9. The lowest BCUT2D eigenvalue weighted by molar-refractivity contribution is 0.174. The van der Waals surface area contributed by atoms with Gasteiger partial charge in [-0.25, -0.2) is 9.59 Å². The van der Waals surface area contributed by atoms with Crippen molar-refractivity contribution in [1.29, 1.82) is 0 Å². The van der Waals surface area contributed by atoms with Crippen LogP contribution >= 0.6 is 23.2 Å². The van der Waals surface area contributed by atoms with Crippen molar-refractivity contribution in [3.05, 3.63) is 101 Å². The zero-order chi connectivity index (χ0) is 26.9. The fraction of sp³-hybridized carbons (Fsp3) is 0.143. The van der Waals surface area contributed by atoms with Crippen LogP contribution in [-0.4, -0.2) is 17.0 Å². The summed E-state index contributed by atoms with van der Waals surface area (Å²) in [5.74, 6) is -1.42. The van der Waals surface area contributed by atoms with Gasteiger partial charge in [0.25, 0.3) is 0 Å². The summed E-state index contributed by atoms with van der Waals surface area (Å²) in [6, 6.07) is 10.8. The molecule has 0 atom stereocenters. The lowest BCUT2D eigenvalue weighted by Crippen LogP contribution is -2.21. The van der Waals surface area contributed by atoms with E-state index in [-0.39, 0.29) is 39.9 Å². The van der Waals surface area contributed by atoms with Gasteiger partial charge < -0.3 is 28.5 Å². The van der Waals surface area contributed by atoms with Crippen molar-refractivity contribution in [2.45, 2.75) is 19.8 Å². The highest BCUT2D eigenvalue weighted by Crippen LogP contribution is 2.45. The molecule has 1 aliphatic heterocycles. The molecule has 1 aliphatic rings. The molecule has 0 bridgehead atoms. The summed E-state index contributed by atoms with van der Waals surface area (Å²) in [6.45, 7) is 3.45. The maximum Gasteiger partial charge on any atom is 0.344 e. The van der Waals surface area contributed by atoms with Crippen molar-refractivity contribution in [3.63, 3.8) is 0 Å². The molecule has 8 nitrogen and oxygen atoms in total. The molecular weight excluding hydrogens is 535 g/mol. The van der Waals surface area contributed by atoms with E-state index in [0.717, 1.165) is 0 Å².